The molecule has 0 spiro atoms. The Hall–Kier alpha value is -0.680. The molecule has 0 heterocycles. The number of hydrogen-bond acceptors (Lipinski definition) is 2. The molecule has 1 rings (SSSR count). The van der Waals surface area contributed by atoms with Crippen LogP contribution in [0.15, 0.2) is 24.3 Å². The fourth-order valence-electron chi connectivity index (χ4n) is 1.18. The van der Waals surface area contributed by atoms with E-state index in [1.807, 2.05) is 0 Å². The highest BCUT2D eigenvalue weighted by Gasteiger charge is 2.17. The average Bonchev–Trinajstić information content (AvgIpc) is 2.05. The zero-order chi connectivity index (χ0) is 11.5. The van der Waals surface area contributed by atoms with Crippen LogP contribution in [-0.4, -0.2) is 20.3 Å². The molecule has 6 heteroatoms. The molecule has 2 nitrogen and oxygen atoms in total. The summed E-state index contributed by atoms with van der Waals surface area (Å²) in [5.74, 6) is -1.35. The highest BCUT2D eigenvalue weighted by atomic mass is 35.7. The number of alkyl halides is 1. The maximum absolute atomic E-state index is 13.1. The lowest BCUT2D eigenvalue weighted by Crippen LogP contribution is -2.16. The van der Waals surface area contributed by atoms with Crippen LogP contribution in [0.25, 0.3) is 0 Å². The zero-order valence-electron chi connectivity index (χ0n) is 7.66. The standard InChI is InChI=1S/C9H9ClF2O2S/c10-15(13,14)6-8(11)5-7-3-1-2-4-9(7)12/h1-4,8H,5-6H2. The molecule has 1 aromatic rings. The van der Waals surface area contributed by atoms with Gasteiger partial charge in [-0.1, -0.05) is 18.2 Å². The molecule has 0 N–H and O–H groups in total. The van der Waals surface area contributed by atoms with Gasteiger partial charge in [0.25, 0.3) is 0 Å². The zero-order valence-corrected chi connectivity index (χ0v) is 9.23. The predicted molar refractivity (Wildman–Crippen MR) is 54.6 cm³/mol. The average molecular weight is 255 g/mol. The topological polar surface area (TPSA) is 34.1 Å². The van der Waals surface area contributed by atoms with Crippen molar-refractivity contribution in [1.29, 1.82) is 0 Å². The molecule has 0 saturated carbocycles. The van der Waals surface area contributed by atoms with Gasteiger partial charge in [-0.05, 0) is 11.6 Å². The molecule has 15 heavy (non-hydrogen) atoms. The van der Waals surface area contributed by atoms with Gasteiger partial charge in [0.1, 0.15) is 12.0 Å². The highest BCUT2D eigenvalue weighted by Crippen LogP contribution is 2.13. The second-order valence-electron chi connectivity index (χ2n) is 3.10. The Morgan fingerprint density at radius 1 is 1.33 bits per heavy atom. The third-order valence-electron chi connectivity index (χ3n) is 1.78. The molecular formula is C9H9ClF2O2S. The van der Waals surface area contributed by atoms with Crippen molar-refractivity contribution in [2.45, 2.75) is 12.6 Å². The number of halogens is 3. The third kappa shape index (κ3) is 4.57. The van der Waals surface area contributed by atoms with E-state index in [2.05, 4.69) is 0 Å². The molecule has 0 aliphatic heterocycles. The minimum absolute atomic E-state index is 0.144. The van der Waals surface area contributed by atoms with Gasteiger partial charge in [0.05, 0.1) is 5.75 Å². The van der Waals surface area contributed by atoms with Crippen LogP contribution in [0.3, 0.4) is 0 Å². The van der Waals surface area contributed by atoms with E-state index >= 15 is 0 Å². The summed E-state index contributed by atoms with van der Waals surface area (Å²) in [6, 6.07) is 5.63. The van der Waals surface area contributed by atoms with Crippen LogP contribution in [0.2, 0.25) is 0 Å². The van der Waals surface area contributed by atoms with Gasteiger partial charge in [-0.3, -0.25) is 0 Å². The van der Waals surface area contributed by atoms with Crippen LogP contribution in [0.5, 0.6) is 0 Å². The Morgan fingerprint density at radius 3 is 2.47 bits per heavy atom. The first-order chi connectivity index (χ1) is 6.88. The van der Waals surface area contributed by atoms with Gasteiger partial charge < -0.3 is 0 Å². The molecule has 1 unspecified atom stereocenters. The fraction of sp³-hybridized carbons (Fsp3) is 0.333. The minimum Gasteiger partial charge on any atom is -0.246 e. The molecule has 1 atom stereocenters. The van der Waals surface area contributed by atoms with Gasteiger partial charge in [-0.15, -0.1) is 0 Å². The normalized spacial score (nSPS) is 13.8. The summed E-state index contributed by atoms with van der Waals surface area (Å²) in [5.41, 5.74) is 0.144. The molecule has 0 fully saturated rings. The van der Waals surface area contributed by atoms with E-state index in [9.17, 15) is 17.2 Å². The Morgan fingerprint density at radius 2 is 1.93 bits per heavy atom. The second kappa shape index (κ2) is 4.90. The first-order valence-electron chi connectivity index (χ1n) is 4.18. The van der Waals surface area contributed by atoms with Crippen molar-refractivity contribution < 1.29 is 17.2 Å². The Bertz CT molecular complexity index is 433. The SMILES string of the molecule is O=S(=O)(Cl)CC(F)Cc1ccccc1F. The summed E-state index contributed by atoms with van der Waals surface area (Å²) < 4.78 is 47.3. The second-order valence-corrected chi connectivity index (χ2v) is 5.92. The molecular weight excluding hydrogens is 246 g/mol. The summed E-state index contributed by atoms with van der Waals surface area (Å²) in [5, 5.41) is 0. The van der Waals surface area contributed by atoms with E-state index < -0.39 is 26.8 Å². The van der Waals surface area contributed by atoms with Crippen LogP contribution < -0.4 is 0 Å². The van der Waals surface area contributed by atoms with E-state index in [0.29, 0.717) is 0 Å². The maximum Gasteiger partial charge on any atom is 0.235 e. The van der Waals surface area contributed by atoms with E-state index in [1.165, 1.54) is 18.2 Å². The van der Waals surface area contributed by atoms with Gasteiger partial charge in [0.2, 0.25) is 9.05 Å². The summed E-state index contributed by atoms with van der Waals surface area (Å²) >= 11 is 0. The quantitative estimate of drug-likeness (QED) is 0.773. The molecule has 0 aromatic heterocycles. The van der Waals surface area contributed by atoms with Gasteiger partial charge in [0, 0.05) is 17.1 Å². The van der Waals surface area contributed by atoms with Crippen molar-refractivity contribution >= 4 is 19.7 Å². The number of rotatable bonds is 4. The van der Waals surface area contributed by atoms with Crippen molar-refractivity contribution in [3.05, 3.63) is 35.6 Å². The minimum atomic E-state index is -3.88. The smallest absolute Gasteiger partial charge is 0.235 e. The Kier molecular flexibility index (Phi) is 4.04. The van der Waals surface area contributed by atoms with Crippen molar-refractivity contribution in [2.24, 2.45) is 0 Å². The van der Waals surface area contributed by atoms with Gasteiger partial charge in [-0.2, -0.15) is 0 Å². The van der Waals surface area contributed by atoms with Crippen molar-refractivity contribution in [1.82, 2.24) is 0 Å². The van der Waals surface area contributed by atoms with Crippen LogP contribution in [0.4, 0.5) is 8.78 Å². The molecule has 1 aromatic carbocycles. The lowest BCUT2D eigenvalue weighted by Gasteiger charge is -2.06. The molecule has 0 saturated heterocycles. The molecule has 0 bridgehead atoms. The highest BCUT2D eigenvalue weighted by molar-refractivity contribution is 8.13. The van der Waals surface area contributed by atoms with Crippen LogP contribution in [0.1, 0.15) is 5.56 Å². The Labute approximate surface area is 91.3 Å². The van der Waals surface area contributed by atoms with Crippen molar-refractivity contribution in [3.63, 3.8) is 0 Å². The lowest BCUT2D eigenvalue weighted by molar-refractivity contribution is 0.358. The van der Waals surface area contributed by atoms with Crippen molar-refractivity contribution in [3.8, 4) is 0 Å². The van der Waals surface area contributed by atoms with Crippen LogP contribution in [-0.2, 0) is 15.5 Å². The maximum atomic E-state index is 13.1. The molecule has 0 amide bonds. The first kappa shape index (κ1) is 12.4. The predicted octanol–water partition coefficient (Wildman–Crippen LogP) is 2.27. The van der Waals surface area contributed by atoms with Gasteiger partial charge >= 0.3 is 0 Å². The van der Waals surface area contributed by atoms with E-state index in [1.54, 1.807) is 6.07 Å². The largest absolute Gasteiger partial charge is 0.246 e. The van der Waals surface area contributed by atoms with Crippen LogP contribution in [0, 0.1) is 5.82 Å². The van der Waals surface area contributed by atoms with E-state index in [0.717, 1.165) is 0 Å². The summed E-state index contributed by atoms with van der Waals surface area (Å²) in [6.07, 6.45) is -1.98. The van der Waals surface area contributed by atoms with Crippen molar-refractivity contribution in [2.75, 3.05) is 5.75 Å². The van der Waals surface area contributed by atoms with Gasteiger partial charge in [0.15, 0.2) is 0 Å². The van der Waals surface area contributed by atoms with Gasteiger partial charge in [-0.25, -0.2) is 17.2 Å². The molecule has 84 valence electrons. The fourth-order valence-corrected chi connectivity index (χ4v) is 2.14. The summed E-state index contributed by atoms with van der Waals surface area (Å²) in [4.78, 5) is 0. The van der Waals surface area contributed by atoms with E-state index in [-0.39, 0.29) is 12.0 Å². The number of benzene rings is 1. The lowest BCUT2D eigenvalue weighted by atomic mass is 10.1. The molecule has 0 radical (unpaired) electrons. The number of hydrogen-bond donors (Lipinski definition) is 0. The monoisotopic (exact) mass is 254 g/mol. The first-order valence-corrected chi connectivity index (χ1v) is 6.66. The molecule has 0 aliphatic rings. The molecule has 0 aliphatic carbocycles. The third-order valence-corrected chi connectivity index (χ3v) is 2.92. The van der Waals surface area contributed by atoms with E-state index in [4.69, 9.17) is 10.7 Å². The Balaban J connectivity index is 2.67. The summed E-state index contributed by atoms with van der Waals surface area (Å²) in [6.45, 7) is 0. The van der Waals surface area contributed by atoms with Crippen LogP contribution >= 0.6 is 10.7 Å². The summed E-state index contributed by atoms with van der Waals surface area (Å²) in [7, 11) is 0.991.